The summed E-state index contributed by atoms with van der Waals surface area (Å²) >= 11 is 0. The van der Waals surface area contributed by atoms with E-state index in [0.29, 0.717) is 25.7 Å². The van der Waals surface area contributed by atoms with Crippen LogP contribution in [0.4, 0.5) is 4.79 Å². The molecule has 1 heterocycles. The second kappa shape index (κ2) is 7.10. The van der Waals surface area contributed by atoms with Crippen molar-refractivity contribution in [2.24, 2.45) is 0 Å². The van der Waals surface area contributed by atoms with Crippen LogP contribution in [0.15, 0.2) is 0 Å². The fourth-order valence-corrected chi connectivity index (χ4v) is 2.44. The number of likely N-dealkylation sites (tertiary alicyclic amines) is 1. The molecule has 19 heavy (non-hydrogen) atoms. The van der Waals surface area contributed by atoms with Crippen molar-refractivity contribution in [3.63, 3.8) is 0 Å². The molecule has 0 radical (unpaired) electrons. The van der Waals surface area contributed by atoms with Crippen molar-refractivity contribution in [3.05, 3.63) is 0 Å². The Morgan fingerprint density at radius 1 is 1.47 bits per heavy atom. The Morgan fingerprint density at radius 2 is 2.16 bits per heavy atom. The summed E-state index contributed by atoms with van der Waals surface area (Å²) in [5.41, 5.74) is -0.453. The van der Waals surface area contributed by atoms with Crippen molar-refractivity contribution in [3.8, 4) is 0 Å². The van der Waals surface area contributed by atoms with Crippen LogP contribution in [0.25, 0.3) is 0 Å². The van der Waals surface area contributed by atoms with Crippen molar-refractivity contribution < 1.29 is 14.6 Å². The minimum atomic E-state index is -0.453. The van der Waals surface area contributed by atoms with E-state index in [1.54, 1.807) is 4.90 Å². The third kappa shape index (κ3) is 5.37. The van der Waals surface area contributed by atoms with Crippen LogP contribution in [0, 0.1) is 0 Å². The number of nitrogens with zero attached hydrogens (tertiary/aromatic N) is 2. The van der Waals surface area contributed by atoms with E-state index in [0.717, 1.165) is 19.4 Å². The largest absolute Gasteiger partial charge is 0.444 e. The van der Waals surface area contributed by atoms with E-state index in [9.17, 15) is 4.79 Å². The predicted molar refractivity (Wildman–Crippen MR) is 75.2 cm³/mol. The maximum absolute atomic E-state index is 12.1. The van der Waals surface area contributed by atoms with Crippen molar-refractivity contribution in [2.75, 3.05) is 32.8 Å². The second-order valence-corrected chi connectivity index (χ2v) is 6.07. The Kier molecular flexibility index (Phi) is 6.07. The van der Waals surface area contributed by atoms with Crippen molar-refractivity contribution >= 4 is 6.09 Å². The van der Waals surface area contributed by atoms with Gasteiger partial charge in [-0.15, -0.1) is 0 Å². The summed E-state index contributed by atoms with van der Waals surface area (Å²) < 4.78 is 5.42. The number of aliphatic hydroxyl groups excluding tert-OH is 1. The van der Waals surface area contributed by atoms with Gasteiger partial charge in [0.15, 0.2) is 0 Å². The lowest BCUT2D eigenvalue weighted by Gasteiger charge is -2.31. The molecule has 5 heteroatoms. The van der Waals surface area contributed by atoms with Gasteiger partial charge in [0.1, 0.15) is 5.60 Å². The molecule has 1 fully saturated rings. The smallest absolute Gasteiger partial charge is 0.410 e. The summed E-state index contributed by atoms with van der Waals surface area (Å²) in [5, 5.41) is 9.05. The van der Waals surface area contributed by atoms with Crippen LogP contribution in [0.3, 0.4) is 0 Å². The Labute approximate surface area is 116 Å². The van der Waals surface area contributed by atoms with Gasteiger partial charge in [0.2, 0.25) is 0 Å². The third-order valence-electron chi connectivity index (χ3n) is 3.35. The highest BCUT2D eigenvalue weighted by Crippen LogP contribution is 2.19. The molecule has 1 N–H and O–H groups in total. The third-order valence-corrected chi connectivity index (χ3v) is 3.35. The van der Waals surface area contributed by atoms with Gasteiger partial charge in [0.05, 0.1) is 6.61 Å². The molecule has 5 nitrogen and oxygen atoms in total. The van der Waals surface area contributed by atoms with Crippen LogP contribution < -0.4 is 0 Å². The molecule has 0 aromatic carbocycles. The zero-order valence-corrected chi connectivity index (χ0v) is 12.7. The van der Waals surface area contributed by atoms with Gasteiger partial charge in [-0.05, 0) is 47.1 Å². The Hall–Kier alpha value is -0.810. The monoisotopic (exact) mass is 272 g/mol. The first kappa shape index (κ1) is 16.2. The van der Waals surface area contributed by atoms with E-state index in [4.69, 9.17) is 9.84 Å². The molecule has 1 rings (SSSR count). The van der Waals surface area contributed by atoms with Crippen LogP contribution in [-0.4, -0.2) is 65.4 Å². The van der Waals surface area contributed by atoms with Crippen molar-refractivity contribution in [2.45, 2.75) is 52.2 Å². The highest BCUT2D eigenvalue weighted by Gasteiger charge is 2.29. The lowest BCUT2D eigenvalue weighted by Crippen LogP contribution is -2.45. The Morgan fingerprint density at radius 3 is 2.68 bits per heavy atom. The van der Waals surface area contributed by atoms with Gasteiger partial charge in [-0.1, -0.05) is 0 Å². The number of aliphatic hydroxyl groups is 1. The fourth-order valence-electron chi connectivity index (χ4n) is 2.44. The van der Waals surface area contributed by atoms with Gasteiger partial charge >= 0.3 is 6.09 Å². The maximum atomic E-state index is 12.1. The number of carbonyl (C=O) groups is 1. The Bertz CT molecular complexity index is 289. The minimum Gasteiger partial charge on any atom is -0.444 e. The Balaban J connectivity index is 2.53. The molecule has 0 saturated carbocycles. The molecule has 1 amide bonds. The highest BCUT2D eigenvalue weighted by molar-refractivity contribution is 5.68. The number of hydrogen-bond donors (Lipinski definition) is 1. The number of amides is 1. The molecule has 0 spiro atoms. The van der Waals surface area contributed by atoms with Crippen LogP contribution in [0.2, 0.25) is 0 Å². The van der Waals surface area contributed by atoms with E-state index in [1.807, 2.05) is 27.7 Å². The summed E-state index contributed by atoms with van der Waals surface area (Å²) in [7, 11) is 0. The normalized spacial score (nSPS) is 20.6. The lowest BCUT2D eigenvalue weighted by atomic mass is 10.2. The summed E-state index contributed by atoms with van der Waals surface area (Å²) in [6.07, 6.45) is 1.97. The summed E-state index contributed by atoms with van der Waals surface area (Å²) in [6, 6.07) is 0.347. The van der Waals surface area contributed by atoms with Gasteiger partial charge < -0.3 is 14.7 Å². The molecule has 1 atom stereocenters. The van der Waals surface area contributed by atoms with Gasteiger partial charge in [-0.2, -0.15) is 0 Å². The van der Waals surface area contributed by atoms with E-state index in [2.05, 4.69) is 4.90 Å². The molecule has 112 valence electrons. The molecular formula is C14H28N2O3. The molecule has 0 bridgehead atoms. The van der Waals surface area contributed by atoms with Crippen molar-refractivity contribution in [1.29, 1.82) is 0 Å². The molecule has 1 aliphatic heterocycles. The standard InChI is InChI=1S/C14H28N2O3/c1-5-15(13(18)19-14(2,3)4)11-12-7-6-8-16(12)9-10-17/h12,17H,5-11H2,1-4H3/t12-/m1/s1. The number of likely N-dealkylation sites (N-methyl/N-ethyl adjacent to an activating group) is 1. The fraction of sp³-hybridized carbons (Fsp3) is 0.929. The number of rotatable bonds is 5. The van der Waals surface area contributed by atoms with E-state index < -0.39 is 5.60 Å². The summed E-state index contributed by atoms with van der Waals surface area (Å²) in [6.45, 7) is 10.8. The average Bonchev–Trinajstić information content (AvgIpc) is 2.71. The van der Waals surface area contributed by atoms with Gasteiger partial charge in [0, 0.05) is 25.7 Å². The van der Waals surface area contributed by atoms with E-state index >= 15 is 0 Å². The quantitative estimate of drug-likeness (QED) is 0.827. The summed E-state index contributed by atoms with van der Waals surface area (Å²) in [5.74, 6) is 0. The summed E-state index contributed by atoms with van der Waals surface area (Å²) in [4.78, 5) is 16.1. The van der Waals surface area contributed by atoms with Crippen LogP contribution in [0.1, 0.15) is 40.5 Å². The molecule has 0 aromatic heterocycles. The molecular weight excluding hydrogens is 244 g/mol. The molecule has 0 unspecified atom stereocenters. The highest BCUT2D eigenvalue weighted by atomic mass is 16.6. The van der Waals surface area contributed by atoms with E-state index in [1.165, 1.54) is 0 Å². The van der Waals surface area contributed by atoms with Gasteiger partial charge in [-0.3, -0.25) is 4.90 Å². The molecule has 0 aliphatic carbocycles. The van der Waals surface area contributed by atoms with Crippen LogP contribution in [0.5, 0.6) is 0 Å². The number of ether oxygens (including phenoxy) is 1. The topological polar surface area (TPSA) is 53.0 Å². The van der Waals surface area contributed by atoms with Gasteiger partial charge in [0.25, 0.3) is 0 Å². The number of β-amino-alcohol motifs (C(OH)–C–C–N with tert-alkyl or cyclic N) is 1. The van der Waals surface area contributed by atoms with Crippen LogP contribution >= 0.6 is 0 Å². The zero-order valence-electron chi connectivity index (χ0n) is 12.7. The first-order valence-corrected chi connectivity index (χ1v) is 7.20. The zero-order chi connectivity index (χ0) is 14.5. The molecule has 1 saturated heterocycles. The molecule has 0 aromatic rings. The first-order chi connectivity index (χ1) is 8.87. The predicted octanol–water partition coefficient (Wildman–Crippen LogP) is 1.70. The molecule has 1 aliphatic rings. The maximum Gasteiger partial charge on any atom is 0.410 e. The first-order valence-electron chi connectivity index (χ1n) is 7.20. The second-order valence-electron chi connectivity index (χ2n) is 6.07. The van der Waals surface area contributed by atoms with Gasteiger partial charge in [-0.25, -0.2) is 4.79 Å². The van der Waals surface area contributed by atoms with Crippen molar-refractivity contribution in [1.82, 2.24) is 9.80 Å². The lowest BCUT2D eigenvalue weighted by molar-refractivity contribution is 0.0211. The van der Waals surface area contributed by atoms with Crippen LogP contribution in [-0.2, 0) is 4.74 Å². The average molecular weight is 272 g/mol. The SMILES string of the molecule is CCN(C[C@H]1CCCN1CCO)C(=O)OC(C)(C)C. The number of hydrogen-bond acceptors (Lipinski definition) is 4. The minimum absolute atomic E-state index is 0.176. The number of carbonyl (C=O) groups excluding carboxylic acids is 1. The van der Waals surface area contributed by atoms with E-state index in [-0.39, 0.29) is 12.7 Å².